The largest absolute Gasteiger partial charge is 3.00 e. The summed E-state index contributed by atoms with van der Waals surface area (Å²) in [5, 5.41) is 0. The fraction of sp³-hybridized carbons (Fsp3) is 0. The Labute approximate surface area is 97.5 Å². The van der Waals surface area contributed by atoms with E-state index in [1.165, 1.54) is 0 Å². The van der Waals surface area contributed by atoms with Gasteiger partial charge in [-0.3, -0.25) is 0 Å². The van der Waals surface area contributed by atoms with Gasteiger partial charge >= 0.3 is 80.8 Å². The van der Waals surface area contributed by atoms with Crippen LogP contribution in [0.2, 0.25) is 0 Å². The number of hydrogen-bond acceptors (Lipinski definition) is 0. The van der Waals surface area contributed by atoms with Crippen LogP contribution < -0.4 is 18.8 Å². The summed E-state index contributed by atoms with van der Waals surface area (Å²) in [6, 6.07) is 0. The maximum absolute atomic E-state index is 0. The summed E-state index contributed by atoms with van der Waals surface area (Å²) >= 11 is 0. The molecular weight excluding hydrogens is 377 g/mol. The van der Waals surface area contributed by atoms with Gasteiger partial charge in [0.2, 0.25) is 0 Å². The van der Waals surface area contributed by atoms with Crippen LogP contribution in [0.3, 0.4) is 0 Å². The van der Waals surface area contributed by atoms with Crippen LogP contribution in [0.4, 0.5) is 0 Å². The predicted molar refractivity (Wildman–Crippen MR) is 0 cm³/mol. The van der Waals surface area contributed by atoms with Crippen molar-refractivity contribution >= 4 is 0 Å². The van der Waals surface area contributed by atoms with Crippen LogP contribution in [0.25, 0.3) is 0 Å². The van der Waals surface area contributed by atoms with E-state index in [0.29, 0.717) is 0 Å². The Morgan fingerprint density at radius 2 is 0.333 bits per heavy atom. The second kappa shape index (κ2) is 52.7. The Morgan fingerprint density at radius 3 is 0.333 bits per heavy atom. The molecule has 0 aliphatic heterocycles. The van der Waals surface area contributed by atoms with E-state index in [1.807, 2.05) is 0 Å². The third-order valence-corrected chi connectivity index (χ3v) is 0. The fourth-order valence-corrected chi connectivity index (χ4v) is 0. The van der Waals surface area contributed by atoms with E-state index in [2.05, 4.69) is 0 Å². The van der Waals surface area contributed by atoms with Gasteiger partial charge in [0.15, 0.2) is 0 Å². The summed E-state index contributed by atoms with van der Waals surface area (Å²) in [6.45, 7) is 0. The van der Waals surface area contributed by atoms with E-state index in [1.54, 1.807) is 0 Å². The molecule has 0 spiro atoms. The first-order valence-corrected chi connectivity index (χ1v) is 0. The SMILES string of the molecule is [F-].[F-].[F-].[F-].[Sm+3].[Sm+3]. The normalized spacial score (nSPS) is 0. The second-order valence-electron chi connectivity index (χ2n) is 0. The van der Waals surface area contributed by atoms with E-state index in [-0.39, 0.29) is 99.6 Å². The standard InChI is InChI=1S/4FH.2Sm/h4*1H;;/q;;;;2*+3/p-4. The summed E-state index contributed by atoms with van der Waals surface area (Å²) in [4.78, 5) is 0. The summed E-state index contributed by atoms with van der Waals surface area (Å²) in [5.41, 5.74) is 0. The number of halogens is 4. The predicted octanol–water partition coefficient (Wildman–Crippen LogP) is -12.0. The van der Waals surface area contributed by atoms with E-state index >= 15 is 0 Å². The number of rotatable bonds is 0. The average molecular weight is 377 g/mol. The smallest absolute Gasteiger partial charge is 1.00 e. The Morgan fingerprint density at radius 1 is 0.333 bits per heavy atom. The molecule has 0 rings (SSSR count). The molecule has 38 valence electrons. The van der Waals surface area contributed by atoms with Crippen molar-refractivity contribution in [2.45, 2.75) is 0 Å². The third kappa shape index (κ3) is 32.4. The van der Waals surface area contributed by atoms with Crippen LogP contribution in [-0.4, -0.2) is 0 Å². The van der Waals surface area contributed by atoms with Gasteiger partial charge in [-0.2, -0.15) is 0 Å². The molecule has 0 aromatic rings. The molecule has 0 fully saturated rings. The van der Waals surface area contributed by atoms with E-state index < -0.39 is 0 Å². The average Bonchev–Trinajstić information content (AvgIpc) is 0. The molecule has 0 saturated heterocycles. The molecule has 6 heteroatoms. The van der Waals surface area contributed by atoms with Crippen LogP contribution in [0, 0.1) is 80.8 Å². The minimum Gasteiger partial charge on any atom is -1.00 e. The Balaban J connectivity index is 0. The first-order chi connectivity index (χ1) is 0. The van der Waals surface area contributed by atoms with Crippen molar-refractivity contribution in [2.75, 3.05) is 0 Å². The molecule has 0 N–H and O–H groups in total. The first-order valence-electron chi connectivity index (χ1n) is 0. The maximum Gasteiger partial charge on any atom is 3.00 e. The van der Waals surface area contributed by atoms with Crippen molar-refractivity contribution < 1.29 is 99.6 Å². The van der Waals surface area contributed by atoms with Crippen molar-refractivity contribution in [2.24, 2.45) is 0 Å². The van der Waals surface area contributed by atoms with Gasteiger partial charge in [0.05, 0.1) is 0 Å². The second-order valence-corrected chi connectivity index (χ2v) is 0. The molecule has 6 heavy (non-hydrogen) atoms. The first kappa shape index (κ1) is 80.0. The van der Waals surface area contributed by atoms with Gasteiger partial charge in [0.1, 0.15) is 0 Å². The Hall–Kier alpha value is 2.40. The van der Waals surface area contributed by atoms with Crippen LogP contribution in [-0.2, 0) is 0 Å². The topological polar surface area (TPSA) is 0 Å². The molecule has 0 aromatic carbocycles. The number of hydrogen-bond donors (Lipinski definition) is 0. The molecule has 0 aromatic heterocycles. The molecule has 0 amide bonds. The molecular formula is F4Sm2+2. The van der Waals surface area contributed by atoms with Gasteiger partial charge in [-0.1, -0.05) is 0 Å². The summed E-state index contributed by atoms with van der Waals surface area (Å²) in [7, 11) is 0. The van der Waals surface area contributed by atoms with Crippen molar-refractivity contribution in [3.8, 4) is 0 Å². The minimum absolute atomic E-state index is 0. The van der Waals surface area contributed by atoms with E-state index in [0.717, 1.165) is 0 Å². The Bertz CT molecular complexity index is 5.51. The molecule has 0 nitrogen and oxygen atoms in total. The summed E-state index contributed by atoms with van der Waals surface area (Å²) < 4.78 is 0. The van der Waals surface area contributed by atoms with Gasteiger partial charge in [-0.25, -0.2) is 0 Å². The molecule has 0 bridgehead atoms. The van der Waals surface area contributed by atoms with Gasteiger partial charge < -0.3 is 18.8 Å². The zero-order valence-electron chi connectivity index (χ0n) is 2.33. The van der Waals surface area contributed by atoms with Crippen LogP contribution in [0.15, 0.2) is 0 Å². The van der Waals surface area contributed by atoms with Gasteiger partial charge in [0, 0.05) is 0 Å². The monoisotopic (exact) mass is 380 g/mol. The molecule has 0 heterocycles. The fourth-order valence-electron chi connectivity index (χ4n) is 0. The van der Waals surface area contributed by atoms with E-state index in [4.69, 9.17) is 0 Å². The zero-order chi connectivity index (χ0) is 0. The van der Waals surface area contributed by atoms with Crippen molar-refractivity contribution in [1.82, 2.24) is 0 Å². The summed E-state index contributed by atoms with van der Waals surface area (Å²) in [6.07, 6.45) is 0. The quantitative estimate of drug-likeness (QED) is 0.369. The van der Waals surface area contributed by atoms with Crippen molar-refractivity contribution in [1.29, 1.82) is 0 Å². The van der Waals surface area contributed by atoms with Crippen LogP contribution >= 0.6 is 0 Å². The zero-order valence-corrected chi connectivity index (χ0v) is 7.57. The van der Waals surface area contributed by atoms with Gasteiger partial charge in [-0.05, 0) is 0 Å². The van der Waals surface area contributed by atoms with Crippen molar-refractivity contribution in [3.63, 3.8) is 0 Å². The van der Waals surface area contributed by atoms with Gasteiger partial charge in [0.25, 0.3) is 0 Å². The molecule has 0 atom stereocenters. The minimum atomic E-state index is 0. The molecule has 0 unspecified atom stereocenters. The Kier molecular flexibility index (Phi) is 703. The third-order valence-electron chi connectivity index (χ3n) is 0. The molecule has 0 aliphatic carbocycles. The van der Waals surface area contributed by atoms with Gasteiger partial charge in [-0.15, -0.1) is 0 Å². The van der Waals surface area contributed by atoms with Crippen LogP contribution in [0.5, 0.6) is 0 Å². The molecule has 2 radical (unpaired) electrons. The van der Waals surface area contributed by atoms with Crippen molar-refractivity contribution in [3.05, 3.63) is 0 Å². The molecule has 0 saturated carbocycles. The molecule has 0 aliphatic rings. The summed E-state index contributed by atoms with van der Waals surface area (Å²) in [5.74, 6) is 0. The maximum atomic E-state index is 0. The van der Waals surface area contributed by atoms with Crippen LogP contribution in [0.1, 0.15) is 0 Å². The van der Waals surface area contributed by atoms with E-state index in [9.17, 15) is 0 Å².